The zero-order valence-corrected chi connectivity index (χ0v) is 11.3. The first-order valence-electron chi connectivity index (χ1n) is 6.32. The molecule has 102 valence electrons. The van der Waals surface area contributed by atoms with Gasteiger partial charge in [0.05, 0.1) is 13.2 Å². The molecule has 0 radical (unpaired) electrons. The van der Waals surface area contributed by atoms with E-state index >= 15 is 0 Å². The van der Waals surface area contributed by atoms with Crippen LogP contribution in [0.3, 0.4) is 0 Å². The van der Waals surface area contributed by atoms with Crippen LogP contribution >= 0.6 is 0 Å². The first kappa shape index (κ1) is 15.1. The summed E-state index contributed by atoms with van der Waals surface area (Å²) in [6, 6.07) is 8.44. The monoisotopic (exact) mass is 252 g/mol. The van der Waals surface area contributed by atoms with Crippen LogP contribution in [0.1, 0.15) is 11.1 Å². The average Bonchev–Trinajstić information content (AvgIpc) is 2.29. The highest BCUT2D eigenvalue weighted by Crippen LogP contribution is 2.09. The Hall–Kier alpha value is -0.940. The molecule has 0 spiro atoms. The van der Waals surface area contributed by atoms with Crippen molar-refractivity contribution in [2.45, 2.75) is 13.1 Å². The largest absolute Gasteiger partial charge is 0.395 e. The van der Waals surface area contributed by atoms with E-state index in [4.69, 9.17) is 10.2 Å². The zero-order chi connectivity index (χ0) is 13.4. The maximum Gasteiger partial charge on any atom is 0.0558 e. The molecule has 0 aliphatic carbocycles. The molecule has 1 aromatic rings. The topological polar surface area (TPSA) is 46.9 Å². The summed E-state index contributed by atoms with van der Waals surface area (Å²) in [5.41, 5.74) is 2.50. The summed E-state index contributed by atoms with van der Waals surface area (Å²) >= 11 is 0. The average molecular weight is 252 g/mol. The van der Waals surface area contributed by atoms with Gasteiger partial charge in [-0.05, 0) is 25.2 Å². The van der Waals surface area contributed by atoms with Crippen LogP contribution in [0.15, 0.2) is 24.3 Å². The minimum Gasteiger partial charge on any atom is -0.395 e. The van der Waals surface area contributed by atoms with Gasteiger partial charge in [-0.3, -0.25) is 9.80 Å². The Balaban J connectivity index is 2.56. The van der Waals surface area contributed by atoms with E-state index in [2.05, 4.69) is 34.1 Å². The van der Waals surface area contributed by atoms with Crippen molar-refractivity contribution in [2.75, 3.05) is 40.4 Å². The summed E-state index contributed by atoms with van der Waals surface area (Å²) in [6.07, 6.45) is 0. The normalized spacial score (nSPS) is 11.4. The van der Waals surface area contributed by atoms with Crippen LogP contribution in [0.4, 0.5) is 0 Å². The van der Waals surface area contributed by atoms with Crippen molar-refractivity contribution in [3.63, 3.8) is 0 Å². The third-order valence-electron chi connectivity index (χ3n) is 2.86. The van der Waals surface area contributed by atoms with Crippen LogP contribution in [-0.4, -0.2) is 60.4 Å². The van der Waals surface area contributed by atoms with E-state index < -0.39 is 0 Å². The van der Waals surface area contributed by atoms with E-state index in [-0.39, 0.29) is 13.2 Å². The van der Waals surface area contributed by atoms with Crippen molar-refractivity contribution < 1.29 is 10.2 Å². The van der Waals surface area contributed by atoms with Gasteiger partial charge in [0.15, 0.2) is 0 Å². The molecular formula is C14H24N2O2. The number of aliphatic hydroxyl groups excluding tert-OH is 2. The number of aliphatic hydroxyl groups is 2. The molecule has 0 aromatic heterocycles. The van der Waals surface area contributed by atoms with Crippen LogP contribution in [0.5, 0.6) is 0 Å². The molecule has 4 nitrogen and oxygen atoms in total. The zero-order valence-electron chi connectivity index (χ0n) is 11.3. The number of hydrogen-bond donors (Lipinski definition) is 2. The lowest BCUT2D eigenvalue weighted by molar-refractivity contribution is 0.216. The van der Waals surface area contributed by atoms with E-state index in [1.54, 1.807) is 0 Å². The van der Waals surface area contributed by atoms with Crippen LogP contribution < -0.4 is 0 Å². The van der Waals surface area contributed by atoms with Crippen molar-refractivity contribution in [3.8, 4) is 0 Å². The van der Waals surface area contributed by atoms with E-state index in [1.807, 2.05) is 14.1 Å². The van der Waals surface area contributed by atoms with Crippen molar-refractivity contribution in [3.05, 3.63) is 35.4 Å². The second-order valence-corrected chi connectivity index (χ2v) is 4.74. The van der Waals surface area contributed by atoms with Crippen molar-refractivity contribution >= 4 is 0 Å². The summed E-state index contributed by atoms with van der Waals surface area (Å²) in [5, 5.41) is 17.8. The van der Waals surface area contributed by atoms with Gasteiger partial charge in [0.25, 0.3) is 0 Å². The summed E-state index contributed by atoms with van der Waals surface area (Å²) in [4.78, 5) is 4.19. The summed E-state index contributed by atoms with van der Waals surface area (Å²) in [7, 11) is 4.00. The minimum atomic E-state index is 0.190. The first-order chi connectivity index (χ1) is 8.65. The third kappa shape index (κ3) is 5.60. The quantitative estimate of drug-likeness (QED) is 0.709. The third-order valence-corrected chi connectivity index (χ3v) is 2.86. The highest BCUT2D eigenvalue weighted by Gasteiger charge is 2.03. The van der Waals surface area contributed by atoms with Crippen molar-refractivity contribution in [1.82, 2.24) is 9.80 Å². The number of hydrogen-bond acceptors (Lipinski definition) is 4. The summed E-state index contributed by atoms with van der Waals surface area (Å²) < 4.78 is 0. The Morgan fingerprint density at radius 3 is 1.72 bits per heavy atom. The van der Waals surface area contributed by atoms with Gasteiger partial charge < -0.3 is 10.2 Å². The molecule has 2 N–H and O–H groups in total. The van der Waals surface area contributed by atoms with Gasteiger partial charge in [-0.15, -0.1) is 0 Å². The Morgan fingerprint density at radius 2 is 1.33 bits per heavy atom. The molecule has 0 amide bonds. The Kier molecular flexibility index (Phi) is 6.90. The predicted octanol–water partition coefficient (Wildman–Crippen LogP) is 0.535. The van der Waals surface area contributed by atoms with E-state index in [9.17, 15) is 0 Å². The van der Waals surface area contributed by atoms with Gasteiger partial charge in [0, 0.05) is 26.2 Å². The second-order valence-electron chi connectivity index (χ2n) is 4.74. The van der Waals surface area contributed by atoms with Crippen LogP contribution in [0.2, 0.25) is 0 Å². The van der Waals surface area contributed by atoms with Gasteiger partial charge in [-0.1, -0.05) is 24.3 Å². The van der Waals surface area contributed by atoms with Gasteiger partial charge in [-0.2, -0.15) is 0 Å². The van der Waals surface area contributed by atoms with Gasteiger partial charge >= 0.3 is 0 Å². The van der Waals surface area contributed by atoms with Gasteiger partial charge in [-0.25, -0.2) is 0 Å². The fourth-order valence-corrected chi connectivity index (χ4v) is 1.95. The fourth-order valence-electron chi connectivity index (χ4n) is 1.95. The standard InChI is InChI=1S/C14H24N2O2/c1-15(6-8-17)11-13-4-3-5-14(10-13)12-16(2)7-9-18/h3-5,10,17-18H,6-9,11-12H2,1-2H3. The molecule has 0 unspecified atom stereocenters. The molecule has 0 fully saturated rings. The molecule has 18 heavy (non-hydrogen) atoms. The number of benzene rings is 1. The lowest BCUT2D eigenvalue weighted by Gasteiger charge is -2.18. The lowest BCUT2D eigenvalue weighted by atomic mass is 10.1. The Bertz CT molecular complexity index is 315. The molecule has 4 heteroatoms. The van der Waals surface area contributed by atoms with Gasteiger partial charge in [0.2, 0.25) is 0 Å². The fraction of sp³-hybridized carbons (Fsp3) is 0.571. The van der Waals surface area contributed by atoms with Crippen LogP contribution in [-0.2, 0) is 13.1 Å². The smallest absolute Gasteiger partial charge is 0.0558 e. The molecule has 0 heterocycles. The number of rotatable bonds is 8. The molecule has 0 aliphatic rings. The lowest BCUT2D eigenvalue weighted by Crippen LogP contribution is -2.22. The molecule has 0 saturated carbocycles. The number of nitrogens with zero attached hydrogens (tertiary/aromatic N) is 2. The first-order valence-corrected chi connectivity index (χ1v) is 6.32. The summed E-state index contributed by atoms with van der Waals surface area (Å²) in [5.74, 6) is 0. The van der Waals surface area contributed by atoms with Crippen LogP contribution in [0, 0.1) is 0 Å². The van der Waals surface area contributed by atoms with E-state index in [0.717, 1.165) is 13.1 Å². The molecule has 0 atom stereocenters. The predicted molar refractivity (Wildman–Crippen MR) is 73.3 cm³/mol. The number of likely N-dealkylation sites (N-methyl/N-ethyl adjacent to an activating group) is 2. The molecule has 1 aromatic carbocycles. The molecule has 0 saturated heterocycles. The summed E-state index contributed by atoms with van der Waals surface area (Å²) in [6.45, 7) is 3.45. The maximum absolute atomic E-state index is 8.88. The minimum absolute atomic E-state index is 0.190. The van der Waals surface area contributed by atoms with E-state index in [0.29, 0.717) is 13.1 Å². The SMILES string of the molecule is CN(CCO)Cc1cccc(CN(C)CCO)c1. The highest BCUT2D eigenvalue weighted by molar-refractivity contribution is 5.23. The molecule has 1 rings (SSSR count). The Labute approximate surface area is 109 Å². The van der Waals surface area contributed by atoms with Crippen molar-refractivity contribution in [2.24, 2.45) is 0 Å². The highest BCUT2D eigenvalue weighted by atomic mass is 16.3. The maximum atomic E-state index is 8.88. The Morgan fingerprint density at radius 1 is 0.889 bits per heavy atom. The molecule has 0 aliphatic heterocycles. The van der Waals surface area contributed by atoms with Gasteiger partial charge in [0.1, 0.15) is 0 Å². The molecular weight excluding hydrogens is 228 g/mol. The van der Waals surface area contributed by atoms with Crippen LogP contribution in [0.25, 0.3) is 0 Å². The molecule has 0 bridgehead atoms. The second kappa shape index (κ2) is 8.21. The van der Waals surface area contributed by atoms with Crippen molar-refractivity contribution in [1.29, 1.82) is 0 Å². The van der Waals surface area contributed by atoms with E-state index in [1.165, 1.54) is 11.1 Å².